The number of aromatic nitrogens is 1. The fraction of sp³-hybridized carbons (Fsp3) is 0.429. The molecule has 1 aromatic heterocycles. The van der Waals surface area contributed by atoms with Crippen molar-refractivity contribution in [2.75, 3.05) is 0 Å². The van der Waals surface area contributed by atoms with Crippen LogP contribution < -0.4 is 10.7 Å². The third-order valence-electron chi connectivity index (χ3n) is 5.05. The number of aryl methyl sites for hydroxylation is 4. The van der Waals surface area contributed by atoms with E-state index in [0.717, 1.165) is 22.2 Å². The molecule has 0 saturated heterocycles. The number of amides is 1. The second-order valence-corrected chi connectivity index (χ2v) is 6.87. The minimum atomic E-state index is -0.453. The molecule has 0 bridgehead atoms. The Bertz CT molecular complexity index is 931. The Morgan fingerprint density at radius 3 is 2.22 bits per heavy atom. The van der Waals surface area contributed by atoms with Crippen molar-refractivity contribution in [3.05, 3.63) is 52.2 Å². The van der Waals surface area contributed by atoms with Crippen molar-refractivity contribution in [2.45, 2.75) is 47.6 Å². The molecular weight excluding hydrogens is 566 g/mol. The van der Waals surface area contributed by atoms with Crippen LogP contribution in [0, 0.1) is 71.3 Å². The maximum Gasteiger partial charge on any atom is 2.00 e. The largest absolute Gasteiger partial charge is 2.00 e. The molecule has 0 saturated carbocycles. The van der Waals surface area contributed by atoms with Gasteiger partial charge in [0, 0.05) is 18.2 Å². The third-order valence-corrected chi connectivity index (χ3v) is 5.05. The van der Waals surface area contributed by atoms with Crippen LogP contribution in [-0.4, -0.2) is 22.3 Å². The monoisotopic (exact) mass is 594 g/mol. The van der Waals surface area contributed by atoms with Gasteiger partial charge < -0.3 is 17.3 Å². The predicted molar refractivity (Wildman–Crippen MR) is 105 cm³/mol. The second-order valence-electron chi connectivity index (χ2n) is 6.87. The molecule has 2 rings (SSSR count). The fourth-order valence-corrected chi connectivity index (χ4v) is 3.08. The first-order chi connectivity index (χ1) is 11.6. The predicted octanol–water partition coefficient (Wildman–Crippen LogP) is 3.06. The van der Waals surface area contributed by atoms with Crippen molar-refractivity contribution in [2.24, 2.45) is 13.0 Å². The van der Waals surface area contributed by atoms with E-state index in [1.54, 1.807) is 24.6 Å². The first kappa shape index (κ1) is 25.6. The Balaban J connectivity index is 0.00000338. The van der Waals surface area contributed by atoms with E-state index in [2.05, 4.69) is 11.4 Å². The van der Waals surface area contributed by atoms with E-state index in [1.165, 1.54) is 6.92 Å². The number of ketones is 1. The molecular formula is C21H28N2O3U. The average molecular weight is 594 g/mol. The molecule has 2 aromatic rings. The number of Topliss-reactive ketones (excluding diaryl/α,β-unsaturated/α-hetero) is 1. The average Bonchev–Trinajstić information content (AvgIpc) is 2.53. The summed E-state index contributed by atoms with van der Waals surface area (Å²) in [5.74, 6) is -0.767. The zero-order valence-electron chi connectivity index (χ0n) is 17.4. The molecule has 0 fully saturated rings. The summed E-state index contributed by atoms with van der Waals surface area (Å²) in [4.78, 5) is 37.1. The van der Waals surface area contributed by atoms with Crippen molar-refractivity contribution >= 4 is 22.6 Å². The molecule has 0 radical (unpaired) electrons. The molecule has 0 aliphatic heterocycles. The Morgan fingerprint density at radius 2 is 1.70 bits per heavy atom. The summed E-state index contributed by atoms with van der Waals surface area (Å²) in [6.45, 7) is 10.7. The van der Waals surface area contributed by atoms with Gasteiger partial charge >= 0.3 is 31.1 Å². The van der Waals surface area contributed by atoms with Crippen molar-refractivity contribution in [1.82, 2.24) is 9.88 Å². The zero-order chi connectivity index (χ0) is 19.0. The maximum absolute atomic E-state index is 13.0. The van der Waals surface area contributed by atoms with Crippen LogP contribution in [0.2, 0.25) is 0 Å². The number of nitrogens with one attached hydrogen (secondary N) is 1. The molecule has 1 heterocycles. The number of benzene rings is 1. The van der Waals surface area contributed by atoms with Gasteiger partial charge in [0.15, 0.2) is 5.43 Å². The Labute approximate surface area is 185 Å². The van der Waals surface area contributed by atoms with Crippen LogP contribution in [0.1, 0.15) is 47.8 Å². The summed E-state index contributed by atoms with van der Waals surface area (Å²) in [6, 6.07) is 2.91. The van der Waals surface area contributed by atoms with Crippen LogP contribution >= 0.6 is 0 Å². The van der Waals surface area contributed by atoms with Crippen LogP contribution in [0.25, 0.3) is 10.9 Å². The van der Waals surface area contributed by atoms with Gasteiger partial charge in [0.2, 0.25) is 0 Å². The molecule has 27 heavy (non-hydrogen) atoms. The normalized spacial score (nSPS) is 12.6. The van der Waals surface area contributed by atoms with Gasteiger partial charge in [-0.2, -0.15) is 11.6 Å². The smallest absolute Gasteiger partial charge is 0.402 e. The van der Waals surface area contributed by atoms with Gasteiger partial charge in [-0.25, -0.2) is 0 Å². The number of nitrogens with zero attached hydrogens (tertiary/aromatic N) is 1. The van der Waals surface area contributed by atoms with E-state index < -0.39 is 5.91 Å². The first-order valence-electron chi connectivity index (χ1n) is 8.40. The number of hydrogen-bond donors (Lipinski definition) is 1. The maximum atomic E-state index is 13.0. The van der Waals surface area contributed by atoms with Gasteiger partial charge in [0.25, 0.3) is 5.91 Å². The number of pyridine rings is 1. The Morgan fingerprint density at radius 1 is 1.15 bits per heavy atom. The Kier molecular flexibility index (Phi) is 9.21. The van der Waals surface area contributed by atoms with Crippen LogP contribution in [-0.2, 0) is 11.8 Å². The van der Waals surface area contributed by atoms with Gasteiger partial charge in [0.1, 0.15) is 11.3 Å². The minimum Gasteiger partial charge on any atom is -0.402 e. The molecule has 2 atom stereocenters. The summed E-state index contributed by atoms with van der Waals surface area (Å²) < 4.78 is 1.79. The van der Waals surface area contributed by atoms with Crippen LogP contribution in [0.5, 0.6) is 0 Å². The molecule has 5 nitrogen and oxygen atoms in total. The summed E-state index contributed by atoms with van der Waals surface area (Å²) >= 11 is 0. The number of carbonyl (C=O) groups excluding carboxylic acids is 2. The molecule has 0 aliphatic rings. The quantitative estimate of drug-likeness (QED) is 0.554. The minimum absolute atomic E-state index is 0. The van der Waals surface area contributed by atoms with Crippen molar-refractivity contribution < 1.29 is 40.7 Å². The molecule has 1 aromatic carbocycles. The molecule has 144 valence electrons. The van der Waals surface area contributed by atoms with E-state index in [9.17, 15) is 14.4 Å². The van der Waals surface area contributed by atoms with E-state index >= 15 is 0 Å². The molecule has 0 aliphatic carbocycles. The molecule has 6 heteroatoms. The number of hydrogen-bond acceptors (Lipinski definition) is 3. The van der Waals surface area contributed by atoms with Crippen molar-refractivity contribution in [1.29, 1.82) is 0 Å². The van der Waals surface area contributed by atoms with E-state index in [0.29, 0.717) is 5.39 Å². The summed E-state index contributed by atoms with van der Waals surface area (Å²) in [7, 11) is 1.82. The van der Waals surface area contributed by atoms with Crippen LogP contribution in [0.4, 0.5) is 0 Å². The molecule has 2 unspecified atom stereocenters. The zero-order valence-corrected chi connectivity index (χ0v) is 21.6. The number of rotatable bonds is 4. The van der Waals surface area contributed by atoms with Crippen LogP contribution in [0.3, 0.4) is 0 Å². The SMILES string of the molecule is CC(=O)C(C)C(C)NC(=O)c1cn(C)c2c(C)[c-]c(C)c(C)c2c1=O.[CH3-].[U+2]. The third kappa shape index (κ3) is 4.92. The molecule has 1 N–H and O–H groups in total. The van der Waals surface area contributed by atoms with E-state index in [1.807, 2.05) is 27.8 Å². The standard InChI is InChI=1S/C20H25N2O3.CH3.U/c1-10-8-11(2)18-17(12(10)3)19(24)16(9-22(18)7)20(25)21-14(5)13(4)15(6)23;;/h9,13-14H,1-7H3,(H,21,25);1H3;/q2*-1;+2. The Hall–Kier alpha value is -1.38. The molecule has 1 amide bonds. The van der Waals surface area contributed by atoms with E-state index in [-0.39, 0.29) is 67.3 Å². The first-order valence-corrected chi connectivity index (χ1v) is 8.40. The van der Waals surface area contributed by atoms with Gasteiger partial charge in [-0.1, -0.05) is 38.6 Å². The van der Waals surface area contributed by atoms with Crippen molar-refractivity contribution in [3.63, 3.8) is 0 Å². The topological polar surface area (TPSA) is 68.2 Å². The van der Waals surface area contributed by atoms with Crippen LogP contribution in [0.15, 0.2) is 11.0 Å². The van der Waals surface area contributed by atoms with Gasteiger partial charge in [-0.15, -0.1) is 11.1 Å². The van der Waals surface area contributed by atoms with Gasteiger partial charge in [-0.05, 0) is 20.9 Å². The fourth-order valence-electron chi connectivity index (χ4n) is 3.08. The summed E-state index contributed by atoms with van der Waals surface area (Å²) in [5.41, 5.74) is 3.20. The van der Waals surface area contributed by atoms with Gasteiger partial charge in [-0.3, -0.25) is 14.4 Å². The number of fused-ring (bicyclic) bond motifs is 1. The summed E-state index contributed by atoms with van der Waals surface area (Å²) in [5, 5.41) is 3.33. The number of carbonyl (C=O) groups is 2. The second kappa shape index (κ2) is 9.71. The van der Waals surface area contributed by atoms with E-state index in [4.69, 9.17) is 0 Å². The summed E-state index contributed by atoms with van der Waals surface area (Å²) in [6.07, 6.45) is 1.56. The van der Waals surface area contributed by atoms with Crippen molar-refractivity contribution in [3.8, 4) is 0 Å². The van der Waals surface area contributed by atoms with Gasteiger partial charge in [0.05, 0.1) is 0 Å². The molecule has 0 spiro atoms.